The smallest absolute Gasteiger partial charge is 0.405 e. The highest BCUT2D eigenvalue weighted by Crippen LogP contribution is 2.62. The lowest BCUT2D eigenvalue weighted by atomic mass is 9.93. The van der Waals surface area contributed by atoms with Crippen molar-refractivity contribution in [1.82, 2.24) is 0 Å². The lowest BCUT2D eigenvalue weighted by Crippen LogP contribution is -2.17. The molecule has 0 spiro atoms. The Labute approximate surface area is 279 Å². The van der Waals surface area contributed by atoms with Crippen LogP contribution < -0.4 is 4.74 Å². The third kappa shape index (κ3) is 4.93. The molecule has 1 aromatic heterocycles. The summed E-state index contributed by atoms with van der Waals surface area (Å²) in [7, 11) is 0. The van der Waals surface area contributed by atoms with Crippen molar-refractivity contribution in [3.05, 3.63) is 145 Å². The number of ether oxygens (including phenoxy) is 1. The summed E-state index contributed by atoms with van der Waals surface area (Å²) >= 11 is 1.20. The molecule has 2 aliphatic carbocycles. The Morgan fingerprint density at radius 2 is 1.14 bits per heavy atom. The maximum atomic E-state index is 14.0. The van der Waals surface area contributed by atoms with Crippen molar-refractivity contribution in [2.75, 3.05) is 0 Å². The van der Waals surface area contributed by atoms with Crippen LogP contribution in [0.25, 0.3) is 65.3 Å². The van der Waals surface area contributed by atoms with Crippen LogP contribution in [0.4, 0.5) is 22.0 Å². The van der Waals surface area contributed by atoms with Crippen LogP contribution in [0, 0.1) is 54.4 Å². The minimum atomic E-state index is -5.09. The van der Waals surface area contributed by atoms with E-state index in [0.29, 0.717) is 60.3 Å². The van der Waals surface area contributed by atoms with Gasteiger partial charge in [-0.3, -0.25) is 0 Å². The van der Waals surface area contributed by atoms with Gasteiger partial charge in [-0.05, 0) is 87.8 Å². The summed E-state index contributed by atoms with van der Waals surface area (Å²) in [6.45, 7) is 17.3. The van der Waals surface area contributed by atoms with Crippen LogP contribution in [-0.2, 0) is 0 Å². The highest BCUT2D eigenvalue weighted by molar-refractivity contribution is 7.16. The summed E-state index contributed by atoms with van der Waals surface area (Å²) in [5.74, 6) is -2.07. The number of allylic oxidation sites excluding steroid dienone is 2. The molecule has 5 nitrogen and oxygen atoms in total. The zero-order chi connectivity index (χ0) is 34.8. The van der Waals surface area contributed by atoms with Gasteiger partial charge in [-0.15, -0.1) is 24.5 Å². The molecule has 0 aliphatic heterocycles. The van der Waals surface area contributed by atoms with Crippen molar-refractivity contribution in [3.8, 4) is 62.4 Å². The van der Waals surface area contributed by atoms with Gasteiger partial charge in [0.2, 0.25) is 0 Å². The first kappa shape index (κ1) is 31.1. The van der Waals surface area contributed by atoms with Crippen LogP contribution >= 0.6 is 11.3 Å². The first-order valence-electron chi connectivity index (χ1n) is 14.3. The van der Waals surface area contributed by atoms with Gasteiger partial charge in [0, 0.05) is 43.7 Å². The quantitative estimate of drug-likeness (QED) is 0.107. The van der Waals surface area contributed by atoms with Crippen molar-refractivity contribution < 1.29 is 26.7 Å². The predicted octanol–water partition coefficient (Wildman–Crippen LogP) is 10.9. The van der Waals surface area contributed by atoms with E-state index in [2.05, 4.69) is 14.4 Å². The average molecular weight is 671 g/mol. The second-order valence-corrected chi connectivity index (χ2v) is 12.1. The van der Waals surface area contributed by atoms with Crippen molar-refractivity contribution in [2.45, 2.75) is 13.3 Å². The van der Waals surface area contributed by atoms with E-state index >= 15 is 0 Å². The normalized spacial score (nSPS) is 14.3. The highest BCUT2D eigenvalue weighted by atomic mass is 32.1. The number of rotatable bonds is 3. The Hall–Kier alpha value is -6.53. The number of nitrogens with zero attached hydrogens (tertiary/aromatic N) is 4. The number of thiophene rings is 1. The number of aryl methyl sites for hydroxylation is 1. The van der Waals surface area contributed by atoms with E-state index in [9.17, 15) is 32.5 Å². The monoisotopic (exact) mass is 670 g/mol. The molecule has 0 fully saturated rings. The van der Waals surface area contributed by atoms with E-state index in [-0.39, 0.29) is 33.9 Å². The lowest BCUT2D eigenvalue weighted by molar-refractivity contribution is -0.274. The van der Waals surface area contributed by atoms with Crippen LogP contribution in [0.2, 0.25) is 0 Å². The SMILES string of the molecule is [C-]#[N+]/C(C#N)=C1/c2cc(-c3ccc(F)cc3C)ccc2-c2c1sc1c2-c2ccc(-c3ccc(F)cc3OC(F)(F)F)cc2/C1=C(/C#N)[N+]#[C-]. The molecule has 0 saturated heterocycles. The summed E-state index contributed by atoms with van der Waals surface area (Å²) in [5.41, 5.74) is 6.19. The molecule has 0 unspecified atom stereocenters. The van der Waals surface area contributed by atoms with Crippen molar-refractivity contribution >= 4 is 22.5 Å². The summed E-state index contributed by atoms with van der Waals surface area (Å²) in [5, 5.41) is 20.0. The molecule has 0 saturated carbocycles. The minimum Gasteiger partial charge on any atom is -0.405 e. The Morgan fingerprint density at radius 1 is 0.673 bits per heavy atom. The number of fused-ring (bicyclic) bond motifs is 7. The maximum absolute atomic E-state index is 14.0. The molecular formula is C38H15F5N4OS. The largest absolute Gasteiger partial charge is 0.573 e. The van der Waals surface area contributed by atoms with Crippen LogP contribution in [0.3, 0.4) is 0 Å². The molecule has 0 amide bonds. The van der Waals surface area contributed by atoms with Crippen molar-refractivity contribution in [2.24, 2.45) is 0 Å². The van der Waals surface area contributed by atoms with E-state index in [1.165, 1.54) is 29.5 Å². The molecule has 7 rings (SSSR count). The van der Waals surface area contributed by atoms with Crippen LogP contribution in [0.15, 0.2) is 84.2 Å². The predicted molar refractivity (Wildman–Crippen MR) is 174 cm³/mol. The molecule has 0 radical (unpaired) electrons. The molecule has 11 heteroatoms. The third-order valence-corrected chi connectivity index (χ3v) is 9.59. The van der Waals surface area contributed by atoms with Crippen molar-refractivity contribution in [3.63, 3.8) is 0 Å². The number of alkyl halides is 3. The van der Waals surface area contributed by atoms with E-state index in [0.717, 1.165) is 23.3 Å². The number of hydrogen-bond donors (Lipinski definition) is 0. The number of benzene rings is 4. The van der Waals surface area contributed by atoms with E-state index < -0.39 is 17.9 Å². The maximum Gasteiger partial charge on any atom is 0.573 e. The molecule has 5 aromatic rings. The molecule has 49 heavy (non-hydrogen) atoms. The second kappa shape index (κ2) is 11.3. The van der Waals surface area contributed by atoms with Gasteiger partial charge in [0.15, 0.2) is 0 Å². The van der Waals surface area contributed by atoms with E-state index in [1.54, 1.807) is 25.1 Å². The third-order valence-electron chi connectivity index (χ3n) is 8.37. The van der Waals surface area contributed by atoms with E-state index in [4.69, 9.17) is 13.1 Å². The average Bonchev–Trinajstić information content (AvgIpc) is 3.68. The van der Waals surface area contributed by atoms with Crippen LogP contribution in [0.1, 0.15) is 26.4 Å². The van der Waals surface area contributed by atoms with Gasteiger partial charge in [0.25, 0.3) is 11.4 Å². The highest BCUT2D eigenvalue weighted by Gasteiger charge is 2.40. The van der Waals surface area contributed by atoms with Gasteiger partial charge in [-0.25, -0.2) is 29.0 Å². The topological polar surface area (TPSA) is 65.5 Å². The fraction of sp³-hybridized carbons (Fsp3) is 0.0526. The Balaban J connectivity index is 1.49. The van der Waals surface area contributed by atoms with Crippen LogP contribution in [-0.4, -0.2) is 6.36 Å². The number of halogens is 5. The fourth-order valence-electron chi connectivity index (χ4n) is 6.45. The Bertz CT molecular complexity index is 2520. The molecule has 0 atom stereocenters. The van der Waals surface area contributed by atoms with Crippen molar-refractivity contribution in [1.29, 1.82) is 10.5 Å². The molecule has 234 valence electrons. The van der Waals surface area contributed by atoms with Gasteiger partial charge in [0.05, 0.1) is 25.3 Å². The molecule has 4 aromatic carbocycles. The number of nitriles is 2. The molecule has 0 N–H and O–H groups in total. The first-order valence-corrected chi connectivity index (χ1v) is 15.1. The summed E-state index contributed by atoms with van der Waals surface area (Å²) in [6, 6.07) is 21.4. The van der Waals surface area contributed by atoms with Gasteiger partial charge in [0.1, 0.15) is 17.4 Å². The van der Waals surface area contributed by atoms with Gasteiger partial charge < -0.3 is 4.74 Å². The van der Waals surface area contributed by atoms with Gasteiger partial charge >= 0.3 is 6.36 Å². The molecule has 1 heterocycles. The first-order chi connectivity index (χ1) is 23.5. The molecular weight excluding hydrogens is 656 g/mol. The molecule has 0 bridgehead atoms. The van der Waals surface area contributed by atoms with Gasteiger partial charge in [-0.1, -0.05) is 30.3 Å². The summed E-state index contributed by atoms with van der Waals surface area (Å²) < 4.78 is 71.8. The molecule has 2 aliphatic rings. The Morgan fingerprint density at radius 3 is 1.61 bits per heavy atom. The van der Waals surface area contributed by atoms with E-state index in [1.807, 2.05) is 30.3 Å². The number of hydrogen-bond acceptors (Lipinski definition) is 4. The standard InChI is InChI=1S/C38H15F5N4OS/c1-18-12-21(39)6-10-23(18)19-4-8-25-27(13-19)32(29(16-44)46-2)36-34(25)35-26-9-5-20(14-28(26)33(37(35)49-36)30(17-45)47-3)24-11-7-22(40)15-31(24)48-38(41,42)43/h4-15H,1H3/b32-29-,33-30+. The zero-order valence-corrected chi connectivity index (χ0v) is 25.7. The second-order valence-electron chi connectivity index (χ2n) is 11.1. The minimum absolute atomic E-state index is 0.0578. The Kier molecular flexibility index (Phi) is 7.18. The summed E-state index contributed by atoms with van der Waals surface area (Å²) in [4.78, 5) is 8.08. The fourth-order valence-corrected chi connectivity index (χ4v) is 7.90. The lowest BCUT2D eigenvalue weighted by Gasteiger charge is -2.15. The van der Waals surface area contributed by atoms with Crippen LogP contribution in [0.5, 0.6) is 5.75 Å². The van der Waals surface area contributed by atoms with Gasteiger partial charge in [-0.2, -0.15) is 0 Å². The summed E-state index contributed by atoms with van der Waals surface area (Å²) in [6.07, 6.45) is -5.09. The zero-order valence-electron chi connectivity index (χ0n) is 24.9.